The van der Waals surface area contributed by atoms with E-state index in [0.29, 0.717) is 16.6 Å². The van der Waals surface area contributed by atoms with E-state index in [1.54, 1.807) is 37.3 Å². The van der Waals surface area contributed by atoms with Crippen LogP contribution in [0.15, 0.2) is 45.7 Å². The van der Waals surface area contributed by atoms with Gasteiger partial charge < -0.3 is 4.52 Å². The molecule has 0 aliphatic heterocycles. The van der Waals surface area contributed by atoms with Crippen molar-refractivity contribution in [2.45, 2.75) is 13.8 Å². The molecule has 0 atom stereocenters. The number of benzene rings is 1. The molecular weight excluding hydrogens is 270 g/mol. The van der Waals surface area contributed by atoms with Crippen LogP contribution in [0.4, 0.5) is 0 Å². The number of hydrogen-bond acceptors (Lipinski definition) is 4. The van der Waals surface area contributed by atoms with Crippen LogP contribution in [-0.2, 0) is 0 Å². The van der Waals surface area contributed by atoms with E-state index >= 15 is 0 Å². The monoisotopic (exact) mass is 283 g/mol. The number of fused-ring (bicyclic) bond motifs is 1. The van der Waals surface area contributed by atoms with Crippen molar-refractivity contribution in [2.75, 3.05) is 5.43 Å². The Hall–Kier alpha value is -2.89. The van der Waals surface area contributed by atoms with E-state index in [0.717, 1.165) is 5.56 Å². The zero-order chi connectivity index (χ0) is 15.0. The summed E-state index contributed by atoms with van der Waals surface area (Å²) in [4.78, 5) is 24.2. The van der Waals surface area contributed by atoms with Crippen LogP contribution < -0.4 is 11.0 Å². The Morgan fingerprint density at radius 2 is 2.00 bits per heavy atom. The first-order valence-corrected chi connectivity index (χ1v) is 6.42. The molecule has 0 aliphatic carbocycles. The van der Waals surface area contributed by atoms with Gasteiger partial charge >= 0.3 is 5.91 Å². The highest BCUT2D eigenvalue weighted by molar-refractivity contribution is 6.07. The molecule has 106 valence electrons. The highest BCUT2D eigenvalue weighted by Gasteiger charge is 2.17. The summed E-state index contributed by atoms with van der Waals surface area (Å²) in [6.07, 6.45) is 0. The van der Waals surface area contributed by atoms with E-state index < -0.39 is 5.91 Å². The third-order valence-corrected chi connectivity index (χ3v) is 3.16. The fourth-order valence-electron chi connectivity index (χ4n) is 2.22. The van der Waals surface area contributed by atoms with Gasteiger partial charge in [0.05, 0.1) is 5.39 Å². The minimum absolute atomic E-state index is 0.0810. The molecule has 2 heterocycles. The quantitative estimate of drug-likeness (QED) is 0.780. The lowest BCUT2D eigenvalue weighted by Crippen LogP contribution is -2.34. The van der Waals surface area contributed by atoms with Crippen molar-refractivity contribution in [1.82, 2.24) is 9.83 Å². The summed E-state index contributed by atoms with van der Waals surface area (Å²) in [5.74, 6) is -0.435. The van der Waals surface area contributed by atoms with Gasteiger partial charge in [-0.05, 0) is 37.6 Å². The third-order valence-electron chi connectivity index (χ3n) is 3.16. The molecule has 2 aromatic heterocycles. The molecule has 1 aromatic carbocycles. The fourth-order valence-corrected chi connectivity index (χ4v) is 2.22. The number of carbonyl (C=O) groups excluding carboxylic acids is 1. The second-order valence-corrected chi connectivity index (χ2v) is 4.82. The molecule has 0 fully saturated rings. The van der Waals surface area contributed by atoms with Crippen molar-refractivity contribution in [1.29, 1.82) is 0 Å². The molecule has 0 bridgehead atoms. The minimum atomic E-state index is -0.516. The molecule has 0 aliphatic rings. The molecule has 0 radical (unpaired) electrons. The summed E-state index contributed by atoms with van der Waals surface area (Å²) in [5, 5.41) is 4.42. The number of hydrogen-bond donors (Lipinski definition) is 1. The average Bonchev–Trinajstić information content (AvgIpc) is 2.86. The highest BCUT2D eigenvalue weighted by atomic mass is 16.5. The topological polar surface area (TPSA) is 77.1 Å². The van der Waals surface area contributed by atoms with Gasteiger partial charge in [0.1, 0.15) is 5.52 Å². The summed E-state index contributed by atoms with van der Waals surface area (Å²) in [6.45, 7) is 3.57. The Balaban J connectivity index is 1.99. The second-order valence-electron chi connectivity index (χ2n) is 4.82. The van der Waals surface area contributed by atoms with Crippen LogP contribution in [0.1, 0.15) is 21.8 Å². The van der Waals surface area contributed by atoms with Crippen molar-refractivity contribution in [3.63, 3.8) is 0 Å². The van der Waals surface area contributed by atoms with Gasteiger partial charge in [-0.1, -0.05) is 17.3 Å². The molecule has 0 saturated carbocycles. The first-order valence-electron chi connectivity index (χ1n) is 6.42. The Kier molecular flexibility index (Phi) is 3.06. The zero-order valence-corrected chi connectivity index (χ0v) is 11.6. The summed E-state index contributed by atoms with van der Waals surface area (Å²) in [5.41, 5.74) is 4.30. The van der Waals surface area contributed by atoms with Crippen LogP contribution in [0.25, 0.3) is 10.9 Å². The number of nitrogens with zero attached hydrogens (tertiary/aromatic N) is 2. The number of aryl methyl sites for hydroxylation is 2. The minimum Gasteiger partial charge on any atom is -0.350 e. The van der Waals surface area contributed by atoms with Crippen molar-refractivity contribution >= 4 is 16.8 Å². The maximum absolute atomic E-state index is 12.3. The molecule has 6 nitrogen and oxygen atoms in total. The van der Waals surface area contributed by atoms with Crippen molar-refractivity contribution in [3.8, 4) is 0 Å². The second kappa shape index (κ2) is 4.90. The summed E-state index contributed by atoms with van der Waals surface area (Å²) < 4.78 is 6.26. The van der Waals surface area contributed by atoms with Gasteiger partial charge in [-0.15, -0.1) is 0 Å². The summed E-state index contributed by atoms with van der Waals surface area (Å²) >= 11 is 0. The number of rotatable bonds is 2. The number of amides is 1. The molecule has 3 rings (SSSR count). The molecular formula is C15H13N3O3. The maximum atomic E-state index is 12.3. The third kappa shape index (κ3) is 2.31. The zero-order valence-electron chi connectivity index (χ0n) is 11.6. The predicted octanol–water partition coefficient (Wildman–Crippen LogP) is 1.99. The summed E-state index contributed by atoms with van der Waals surface area (Å²) in [7, 11) is 0. The first kappa shape index (κ1) is 13.1. The van der Waals surface area contributed by atoms with Gasteiger partial charge in [0.15, 0.2) is 0 Å². The predicted molar refractivity (Wildman–Crippen MR) is 77.9 cm³/mol. The lowest BCUT2D eigenvalue weighted by molar-refractivity contribution is 0.0974. The van der Waals surface area contributed by atoms with E-state index in [-0.39, 0.29) is 11.3 Å². The van der Waals surface area contributed by atoms with Crippen LogP contribution in [0, 0.1) is 13.8 Å². The van der Waals surface area contributed by atoms with E-state index in [9.17, 15) is 9.59 Å². The largest absolute Gasteiger partial charge is 0.350 e. The van der Waals surface area contributed by atoms with Crippen molar-refractivity contribution < 1.29 is 9.32 Å². The summed E-state index contributed by atoms with van der Waals surface area (Å²) in [6, 6.07) is 10.3. The maximum Gasteiger partial charge on any atom is 0.309 e. The number of aromatic nitrogens is 2. The van der Waals surface area contributed by atoms with Crippen LogP contribution >= 0.6 is 0 Å². The van der Waals surface area contributed by atoms with Gasteiger partial charge in [-0.2, -0.15) is 0 Å². The van der Waals surface area contributed by atoms with Gasteiger partial charge in [0.25, 0.3) is 5.56 Å². The SMILES string of the molecule is Cc1cc(C)n(NC(=O)c2onc3ccccc23)c(=O)c1. The van der Waals surface area contributed by atoms with E-state index in [1.807, 2.05) is 6.92 Å². The molecule has 1 amide bonds. The molecule has 1 N–H and O–H groups in total. The first-order chi connectivity index (χ1) is 10.1. The average molecular weight is 283 g/mol. The normalized spacial score (nSPS) is 10.8. The van der Waals surface area contributed by atoms with Gasteiger partial charge in [-0.25, -0.2) is 4.68 Å². The van der Waals surface area contributed by atoms with E-state index in [4.69, 9.17) is 4.52 Å². The number of carbonyl (C=O) groups is 1. The molecule has 3 aromatic rings. The number of nitrogens with one attached hydrogen (secondary N) is 1. The van der Waals surface area contributed by atoms with Crippen LogP contribution in [0.2, 0.25) is 0 Å². The van der Waals surface area contributed by atoms with Crippen molar-refractivity contribution in [3.05, 3.63) is 63.8 Å². The Labute approximate surface area is 120 Å². The smallest absolute Gasteiger partial charge is 0.309 e. The van der Waals surface area contributed by atoms with Crippen molar-refractivity contribution in [2.24, 2.45) is 0 Å². The molecule has 0 saturated heterocycles. The molecule has 0 spiro atoms. The molecule has 6 heteroatoms. The lowest BCUT2D eigenvalue weighted by atomic mass is 10.2. The van der Waals surface area contributed by atoms with Crippen LogP contribution in [-0.4, -0.2) is 15.7 Å². The highest BCUT2D eigenvalue weighted by Crippen LogP contribution is 2.17. The van der Waals surface area contributed by atoms with Gasteiger partial charge in [-0.3, -0.25) is 15.0 Å². The Bertz CT molecular complexity index is 893. The van der Waals surface area contributed by atoms with Crippen LogP contribution in [0.5, 0.6) is 0 Å². The van der Waals surface area contributed by atoms with Gasteiger partial charge in [0, 0.05) is 11.8 Å². The van der Waals surface area contributed by atoms with Crippen LogP contribution in [0.3, 0.4) is 0 Å². The molecule has 0 unspecified atom stereocenters. The standard InChI is InChI=1S/C15H13N3O3/c1-9-7-10(2)18(13(19)8-9)16-15(20)14-11-5-3-4-6-12(11)17-21-14/h3-8H,1-2H3,(H,16,20). The Morgan fingerprint density at radius 1 is 1.24 bits per heavy atom. The Morgan fingerprint density at radius 3 is 2.76 bits per heavy atom. The van der Waals surface area contributed by atoms with E-state index in [1.165, 1.54) is 10.7 Å². The van der Waals surface area contributed by atoms with Gasteiger partial charge in [0.2, 0.25) is 5.76 Å². The number of pyridine rings is 1. The lowest BCUT2D eigenvalue weighted by Gasteiger charge is -2.10. The molecule has 21 heavy (non-hydrogen) atoms. The van der Waals surface area contributed by atoms with E-state index in [2.05, 4.69) is 10.6 Å². The fraction of sp³-hybridized carbons (Fsp3) is 0.133.